The fourth-order valence-corrected chi connectivity index (χ4v) is 3.32. The Bertz CT molecular complexity index is 726. The van der Waals surface area contributed by atoms with Crippen molar-refractivity contribution in [1.82, 2.24) is 14.6 Å². The van der Waals surface area contributed by atoms with Crippen LogP contribution in [0.25, 0.3) is 0 Å². The predicted molar refractivity (Wildman–Crippen MR) is 82.5 cm³/mol. The minimum atomic E-state index is -3.22. The molecular weight excluding hydrogens is 324 g/mol. The van der Waals surface area contributed by atoms with Crippen molar-refractivity contribution in [2.24, 2.45) is 0 Å². The summed E-state index contributed by atoms with van der Waals surface area (Å²) < 4.78 is 24.3. The molecule has 1 saturated heterocycles. The number of nitrogens with one attached hydrogen (secondary N) is 1. The number of hydrogen-bond acceptors (Lipinski definition) is 6. The Morgan fingerprint density at radius 3 is 2.57 bits per heavy atom. The molecule has 2 rings (SSSR count). The molecule has 10 heteroatoms. The van der Waals surface area contributed by atoms with Crippen molar-refractivity contribution in [3.63, 3.8) is 0 Å². The first-order valence-corrected chi connectivity index (χ1v) is 8.90. The highest BCUT2D eigenvalue weighted by Gasteiger charge is 2.26. The lowest BCUT2D eigenvalue weighted by Gasteiger charge is -2.30. The molecular formula is C13H18N4O5S. The lowest BCUT2D eigenvalue weighted by Crippen LogP contribution is -2.46. The van der Waals surface area contributed by atoms with Crippen molar-refractivity contribution < 1.29 is 18.1 Å². The van der Waals surface area contributed by atoms with Crippen molar-refractivity contribution >= 4 is 21.6 Å². The lowest BCUT2D eigenvalue weighted by atomic mass is 10.1. The van der Waals surface area contributed by atoms with Gasteiger partial charge in [-0.2, -0.15) is 0 Å². The van der Waals surface area contributed by atoms with E-state index >= 15 is 0 Å². The van der Waals surface area contributed by atoms with Crippen LogP contribution in [0.2, 0.25) is 0 Å². The van der Waals surface area contributed by atoms with E-state index in [1.54, 1.807) is 6.92 Å². The fraction of sp³-hybridized carbons (Fsp3) is 0.538. The number of carbonyl (C=O) groups excluding carboxylic acids is 1. The van der Waals surface area contributed by atoms with Crippen LogP contribution in [0.15, 0.2) is 12.3 Å². The summed E-state index contributed by atoms with van der Waals surface area (Å²) in [5.74, 6) is -0.434. The molecule has 0 unspecified atom stereocenters. The number of amides is 1. The maximum absolute atomic E-state index is 12.3. The van der Waals surface area contributed by atoms with Gasteiger partial charge in [0.05, 0.1) is 22.4 Å². The first-order valence-electron chi connectivity index (χ1n) is 7.05. The number of nitro groups is 1. The van der Waals surface area contributed by atoms with E-state index in [9.17, 15) is 23.3 Å². The summed E-state index contributed by atoms with van der Waals surface area (Å²) in [6, 6.07) is 1.03. The van der Waals surface area contributed by atoms with E-state index < -0.39 is 20.9 Å². The Kier molecular flexibility index (Phi) is 4.95. The molecule has 1 fully saturated rings. The van der Waals surface area contributed by atoms with Gasteiger partial charge in [0.2, 0.25) is 10.0 Å². The van der Waals surface area contributed by atoms with E-state index in [-0.39, 0.29) is 17.3 Å². The summed E-state index contributed by atoms with van der Waals surface area (Å²) in [5, 5.41) is 13.6. The van der Waals surface area contributed by atoms with Crippen LogP contribution in [0, 0.1) is 17.0 Å². The van der Waals surface area contributed by atoms with Gasteiger partial charge < -0.3 is 5.32 Å². The molecule has 126 valence electrons. The lowest BCUT2D eigenvalue weighted by molar-refractivity contribution is -0.385. The van der Waals surface area contributed by atoms with E-state index in [1.807, 2.05) is 0 Å². The molecule has 1 aliphatic rings. The van der Waals surface area contributed by atoms with Crippen LogP contribution in [0.5, 0.6) is 0 Å². The smallest absolute Gasteiger partial charge is 0.288 e. The number of sulfonamides is 1. The molecule has 0 spiro atoms. The summed E-state index contributed by atoms with van der Waals surface area (Å²) in [5.41, 5.74) is 0.319. The molecule has 2 heterocycles. The highest BCUT2D eigenvalue weighted by molar-refractivity contribution is 7.88. The summed E-state index contributed by atoms with van der Waals surface area (Å²) in [7, 11) is -3.22. The highest BCUT2D eigenvalue weighted by Crippen LogP contribution is 2.17. The van der Waals surface area contributed by atoms with E-state index in [4.69, 9.17) is 0 Å². The van der Waals surface area contributed by atoms with E-state index in [2.05, 4.69) is 10.3 Å². The van der Waals surface area contributed by atoms with Crippen LogP contribution in [0.1, 0.15) is 28.9 Å². The third-order valence-corrected chi connectivity index (χ3v) is 5.09. The Hall–Kier alpha value is -2.07. The van der Waals surface area contributed by atoms with Gasteiger partial charge in [-0.25, -0.2) is 12.7 Å². The molecule has 1 aliphatic heterocycles. The van der Waals surface area contributed by atoms with Crippen LogP contribution < -0.4 is 5.32 Å². The van der Waals surface area contributed by atoms with E-state index in [0.717, 1.165) is 12.5 Å². The average Bonchev–Trinajstić information content (AvgIpc) is 2.47. The normalized spacial score (nSPS) is 17.0. The number of aryl methyl sites for hydroxylation is 1. The molecule has 1 amide bonds. The van der Waals surface area contributed by atoms with Crippen LogP contribution in [0.4, 0.5) is 5.69 Å². The average molecular weight is 342 g/mol. The topological polar surface area (TPSA) is 123 Å². The number of aromatic nitrogens is 1. The van der Waals surface area contributed by atoms with Gasteiger partial charge in [0.25, 0.3) is 11.6 Å². The number of rotatable bonds is 4. The second-order valence-electron chi connectivity index (χ2n) is 5.49. The van der Waals surface area contributed by atoms with Gasteiger partial charge in [-0.05, 0) is 19.8 Å². The second-order valence-corrected chi connectivity index (χ2v) is 7.48. The van der Waals surface area contributed by atoms with E-state index in [0.29, 0.717) is 31.6 Å². The highest BCUT2D eigenvalue weighted by atomic mass is 32.2. The first kappa shape index (κ1) is 17.3. The van der Waals surface area contributed by atoms with Crippen LogP contribution in [-0.2, 0) is 10.0 Å². The van der Waals surface area contributed by atoms with Gasteiger partial charge in [-0.15, -0.1) is 0 Å². The molecule has 0 atom stereocenters. The minimum Gasteiger partial charge on any atom is -0.349 e. The molecule has 1 N–H and O–H groups in total. The fourth-order valence-electron chi connectivity index (χ4n) is 2.45. The Morgan fingerprint density at radius 1 is 1.43 bits per heavy atom. The van der Waals surface area contributed by atoms with Gasteiger partial charge in [0, 0.05) is 25.2 Å². The molecule has 0 saturated carbocycles. The standard InChI is InChI=1S/C13H18N4O5S/c1-9-12(7-11(8-14-9)17(19)20)13(18)15-10-3-5-16(6-4-10)23(2,21)22/h7-8,10H,3-6H2,1-2H3,(H,15,18). The SMILES string of the molecule is Cc1ncc([N+](=O)[O-])cc1C(=O)NC1CCN(S(C)(=O)=O)CC1. The molecule has 0 aromatic carbocycles. The zero-order chi connectivity index (χ0) is 17.2. The summed E-state index contributed by atoms with van der Waals surface area (Å²) in [6.07, 6.45) is 3.27. The van der Waals surface area contributed by atoms with Crippen LogP contribution >= 0.6 is 0 Å². The summed E-state index contributed by atoms with van der Waals surface area (Å²) in [6.45, 7) is 2.29. The maximum atomic E-state index is 12.3. The molecule has 1 aromatic rings. The zero-order valence-corrected chi connectivity index (χ0v) is 13.7. The van der Waals surface area contributed by atoms with Crippen molar-refractivity contribution in [2.45, 2.75) is 25.8 Å². The number of hydrogen-bond donors (Lipinski definition) is 1. The third kappa shape index (κ3) is 4.23. The summed E-state index contributed by atoms with van der Waals surface area (Å²) >= 11 is 0. The number of piperidine rings is 1. The van der Waals surface area contributed by atoms with Crippen LogP contribution in [0.3, 0.4) is 0 Å². The summed E-state index contributed by atoms with van der Waals surface area (Å²) in [4.78, 5) is 26.3. The van der Waals surface area contributed by atoms with Gasteiger partial charge in [0.1, 0.15) is 6.20 Å². The largest absolute Gasteiger partial charge is 0.349 e. The first-order chi connectivity index (χ1) is 10.7. The van der Waals surface area contributed by atoms with Gasteiger partial charge >= 0.3 is 0 Å². The third-order valence-electron chi connectivity index (χ3n) is 3.79. The Morgan fingerprint density at radius 2 is 2.04 bits per heavy atom. The monoisotopic (exact) mass is 342 g/mol. The van der Waals surface area contributed by atoms with E-state index in [1.165, 1.54) is 10.4 Å². The zero-order valence-electron chi connectivity index (χ0n) is 12.9. The molecule has 0 aliphatic carbocycles. The number of pyridine rings is 1. The van der Waals surface area contributed by atoms with Crippen molar-refractivity contribution in [3.05, 3.63) is 33.6 Å². The quantitative estimate of drug-likeness (QED) is 0.626. The number of nitrogens with zero attached hydrogens (tertiary/aromatic N) is 3. The van der Waals surface area contributed by atoms with Gasteiger partial charge in [-0.1, -0.05) is 0 Å². The number of carbonyl (C=O) groups is 1. The molecule has 23 heavy (non-hydrogen) atoms. The van der Waals surface area contributed by atoms with Gasteiger partial charge in [0.15, 0.2) is 0 Å². The molecule has 0 bridgehead atoms. The Labute approximate surface area is 133 Å². The predicted octanol–water partition coefficient (Wildman–Crippen LogP) is 0.452. The van der Waals surface area contributed by atoms with Crippen molar-refractivity contribution in [1.29, 1.82) is 0 Å². The van der Waals surface area contributed by atoms with Gasteiger partial charge in [-0.3, -0.25) is 19.9 Å². The maximum Gasteiger partial charge on any atom is 0.288 e. The molecule has 1 aromatic heterocycles. The van der Waals surface area contributed by atoms with Crippen molar-refractivity contribution in [2.75, 3.05) is 19.3 Å². The van der Waals surface area contributed by atoms with Crippen molar-refractivity contribution in [3.8, 4) is 0 Å². The van der Waals surface area contributed by atoms with Crippen LogP contribution in [-0.4, -0.2) is 53.9 Å². The second kappa shape index (κ2) is 6.59. The Balaban J connectivity index is 2.03. The minimum absolute atomic E-state index is 0.157. The molecule has 0 radical (unpaired) electrons. The molecule has 9 nitrogen and oxygen atoms in total.